The lowest BCUT2D eigenvalue weighted by molar-refractivity contribution is -0.120. The van der Waals surface area contributed by atoms with Crippen LogP contribution in [0.3, 0.4) is 0 Å². The van der Waals surface area contributed by atoms with E-state index in [-0.39, 0.29) is 18.9 Å². The number of carbonyl (C=O) groups is 1. The smallest absolute Gasteiger partial charge is 0.246 e. The van der Waals surface area contributed by atoms with E-state index in [0.717, 1.165) is 16.9 Å². The predicted octanol–water partition coefficient (Wildman–Crippen LogP) is 3.65. The number of nitrogens with zero attached hydrogens (tertiary/aromatic N) is 2. The standard InChI is InChI=1S/C19H18ClN3O3/c1-2-25-15-9-7-13(8-10-15)19-22-18(26-23-19)12-21-17(24)11-14-5-3-4-6-16(14)20/h3-10H,2,11-12H2,1H3,(H,21,24). The molecule has 6 nitrogen and oxygen atoms in total. The van der Waals surface area contributed by atoms with Crippen LogP contribution < -0.4 is 10.1 Å². The minimum Gasteiger partial charge on any atom is -0.494 e. The van der Waals surface area contributed by atoms with E-state index in [9.17, 15) is 4.79 Å². The molecule has 3 aromatic rings. The van der Waals surface area contributed by atoms with E-state index >= 15 is 0 Å². The SMILES string of the molecule is CCOc1ccc(-c2noc(CNC(=O)Cc3ccccc3Cl)n2)cc1. The fourth-order valence-corrected chi connectivity index (χ4v) is 2.56. The van der Waals surface area contributed by atoms with Gasteiger partial charge in [0.15, 0.2) is 0 Å². The molecule has 0 spiro atoms. The number of hydrogen-bond donors (Lipinski definition) is 1. The van der Waals surface area contributed by atoms with Crippen LogP contribution in [0.4, 0.5) is 0 Å². The van der Waals surface area contributed by atoms with E-state index in [4.69, 9.17) is 20.9 Å². The van der Waals surface area contributed by atoms with Crippen molar-refractivity contribution in [3.63, 3.8) is 0 Å². The van der Waals surface area contributed by atoms with Crippen LogP contribution in [-0.4, -0.2) is 22.7 Å². The van der Waals surface area contributed by atoms with Crippen LogP contribution in [0.5, 0.6) is 5.75 Å². The Bertz CT molecular complexity index is 878. The third-order valence-electron chi connectivity index (χ3n) is 3.64. The molecule has 1 amide bonds. The van der Waals surface area contributed by atoms with Crippen molar-refractivity contribution in [3.05, 3.63) is 65.0 Å². The average Bonchev–Trinajstić information content (AvgIpc) is 3.12. The molecule has 0 unspecified atom stereocenters. The molecule has 0 aliphatic heterocycles. The first-order valence-electron chi connectivity index (χ1n) is 8.21. The Morgan fingerprint density at radius 3 is 2.69 bits per heavy atom. The molecule has 1 aromatic heterocycles. The van der Waals surface area contributed by atoms with Crippen molar-refractivity contribution in [2.24, 2.45) is 0 Å². The number of amides is 1. The van der Waals surface area contributed by atoms with Gasteiger partial charge in [-0.25, -0.2) is 0 Å². The zero-order valence-electron chi connectivity index (χ0n) is 14.2. The monoisotopic (exact) mass is 371 g/mol. The van der Waals surface area contributed by atoms with Crippen LogP contribution in [0.25, 0.3) is 11.4 Å². The second-order valence-electron chi connectivity index (χ2n) is 5.51. The second-order valence-corrected chi connectivity index (χ2v) is 5.92. The summed E-state index contributed by atoms with van der Waals surface area (Å²) >= 11 is 6.06. The molecule has 1 N–H and O–H groups in total. The lowest BCUT2D eigenvalue weighted by Crippen LogP contribution is -2.24. The van der Waals surface area contributed by atoms with Crippen molar-refractivity contribution in [1.29, 1.82) is 0 Å². The van der Waals surface area contributed by atoms with Gasteiger partial charge in [0.1, 0.15) is 5.75 Å². The van der Waals surface area contributed by atoms with Crippen molar-refractivity contribution < 1.29 is 14.1 Å². The number of aromatic nitrogens is 2. The number of hydrogen-bond acceptors (Lipinski definition) is 5. The first-order chi connectivity index (χ1) is 12.7. The van der Waals surface area contributed by atoms with Crippen LogP contribution in [-0.2, 0) is 17.8 Å². The summed E-state index contributed by atoms with van der Waals surface area (Å²) in [4.78, 5) is 16.3. The average molecular weight is 372 g/mol. The minimum atomic E-state index is -0.168. The molecular weight excluding hydrogens is 354 g/mol. The molecule has 0 saturated heterocycles. The van der Waals surface area contributed by atoms with E-state index in [1.54, 1.807) is 6.07 Å². The molecule has 3 rings (SSSR count). The van der Waals surface area contributed by atoms with Gasteiger partial charge in [0.05, 0.1) is 19.6 Å². The number of nitrogens with one attached hydrogen (secondary N) is 1. The lowest BCUT2D eigenvalue weighted by atomic mass is 10.1. The Balaban J connectivity index is 1.56. The Morgan fingerprint density at radius 1 is 1.19 bits per heavy atom. The van der Waals surface area contributed by atoms with Gasteiger partial charge in [0.2, 0.25) is 17.6 Å². The van der Waals surface area contributed by atoms with Gasteiger partial charge in [-0.3, -0.25) is 4.79 Å². The number of ether oxygens (including phenoxy) is 1. The van der Waals surface area contributed by atoms with Gasteiger partial charge in [0.25, 0.3) is 0 Å². The Labute approximate surface area is 156 Å². The molecule has 0 fully saturated rings. The van der Waals surface area contributed by atoms with Crippen LogP contribution in [0.2, 0.25) is 5.02 Å². The molecule has 26 heavy (non-hydrogen) atoms. The molecule has 134 valence electrons. The van der Waals surface area contributed by atoms with Gasteiger partial charge in [-0.15, -0.1) is 0 Å². The van der Waals surface area contributed by atoms with Crippen LogP contribution in [0.1, 0.15) is 18.4 Å². The predicted molar refractivity (Wildman–Crippen MR) is 97.9 cm³/mol. The van der Waals surface area contributed by atoms with Gasteiger partial charge >= 0.3 is 0 Å². The van der Waals surface area contributed by atoms with Crippen molar-refractivity contribution >= 4 is 17.5 Å². The van der Waals surface area contributed by atoms with Gasteiger partial charge in [0, 0.05) is 10.6 Å². The summed E-state index contributed by atoms with van der Waals surface area (Å²) in [6.45, 7) is 2.70. The van der Waals surface area contributed by atoms with E-state index in [0.29, 0.717) is 23.3 Å². The summed E-state index contributed by atoms with van der Waals surface area (Å²) in [7, 11) is 0. The minimum absolute atomic E-state index is 0.160. The van der Waals surface area contributed by atoms with E-state index in [1.165, 1.54) is 0 Å². The summed E-state index contributed by atoms with van der Waals surface area (Å²) in [5.41, 5.74) is 1.58. The fourth-order valence-electron chi connectivity index (χ4n) is 2.36. The third kappa shape index (κ3) is 4.61. The molecule has 0 atom stereocenters. The maximum absolute atomic E-state index is 12.0. The normalized spacial score (nSPS) is 10.5. The highest BCUT2D eigenvalue weighted by Crippen LogP contribution is 2.20. The lowest BCUT2D eigenvalue weighted by Gasteiger charge is -2.04. The highest BCUT2D eigenvalue weighted by atomic mass is 35.5. The van der Waals surface area contributed by atoms with E-state index in [1.807, 2.05) is 49.4 Å². The Kier molecular flexibility index (Phi) is 5.86. The zero-order chi connectivity index (χ0) is 18.4. The molecule has 0 aliphatic carbocycles. The largest absolute Gasteiger partial charge is 0.494 e. The molecular formula is C19H18ClN3O3. The third-order valence-corrected chi connectivity index (χ3v) is 4.01. The molecule has 0 bridgehead atoms. The maximum Gasteiger partial charge on any atom is 0.246 e. The van der Waals surface area contributed by atoms with Crippen molar-refractivity contribution in [3.8, 4) is 17.1 Å². The molecule has 7 heteroatoms. The first-order valence-corrected chi connectivity index (χ1v) is 8.59. The van der Waals surface area contributed by atoms with Gasteiger partial charge < -0.3 is 14.6 Å². The molecule has 0 aliphatic rings. The van der Waals surface area contributed by atoms with E-state index < -0.39 is 0 Å². The highest BCUT2D eigenvalue weighted by Gasteiger charge is 2.11. The van der Waals surface area contributed by atoms with Gasteiger partial charge in [-0.05, 0) is 42.8 Å². The topological polar surface area (TPSA) is 77.3 Å². The number of halogens is 1. The zero-order valence-corrected chi connectivity index (χ0v) is 15.0. The quantitative estimate of drug-likeness (QED) is 0.686. The molecule has 2 aromatic carbocycles. The van der Waals surface area contributed by atoms with Crippen LogP contribution in [0, 0.1) is 0 Å². The Morgan fingerprint density at radius 2 is 1.96 bits per heavy atom. The molecule has 1 heterocycles. The number of benzene rings is 2. The van der Waals surface area contributed by atoms with Gasteiger partial charge in [-0.1, -0.05) is 35.0 Å². The highest BCUT2D eigenvalue weighted by molar-refractivity contribution is 6.31. The van der Waals surface area contributed by atoms with Gasteiger partial charge in [-0.2, -0.15) is 4.98 Å². The Hall–Kier alpha value is -2.86. The number of carbonyl (C=O) groups excluding carboxylic acids is 1. The van der Waals surface area contributed by atoms with Crippen molar-refractivity contribution in [2.75, 3.05) is 6.61 Å². The van der Waals surface area contributed by atoms with Crippen molar-refractivity contribution in [2.45, 2.75) is 19.9 Å². The fraction of sp³-hybridized carbons (Fsp3) is 0.211. The first kappa shape index (κ1) is 17.9. The van der Waals surface area contributed by atoms with E-state index in [2.05, 4.69) is 15.5 Å². The second kappa shape index (κ2) is 8.49. The van der Waals surface area contributed by atoms with Crippen molar-refractivity contribution in [1.82, 2.24) is 15.5 Å². The number of rotatable bonds is 7. The molecule has 0 saturated carbocycles. The van der Waals surface area contributed by atoms with Crippen LogP contribution >= 0.6 is 11.6 Å². The summed E-state index contributed by atoms with van der Waals surface area (Å²) in [5, 5.41) is 7.26. The molecule has 0 radical (unpaired) electrons. The van der Waals surface area contributed by atoms with Crippen LogP contribution in [0.15, 0.2) is 53.1 Å². The summed E-state index contributed by atoms with van der Waals surface area (Å²) in [6.07, 6.45) is 0.194. The summed E-state index contributed by atoms with van der Waals surface area (Å²) < 4.78 is 10.6. The maximum atomic E-state index is 12.0. The summed E-state index contributed by atoms with van der Waals surface area (Å²) in [5.74, 6) is 1.41. The summed E-state index contributed by atoms with van der Waals surface area (Å²) in [6, 6.07) is 14.6.